The summed E-state index contributed by atoms with van der Waals surface area (Å²) in [6.07, 6.45) is 15.9. The van der Waals surface area contributed by atoms with Crippen LogP contribution >= 0.6 is 0 Å². The number of rotatable bonds is 1. The molecule has 1 N–H and O–H groups in total. The van der Waals surface area contributed by atoms with E-state index in [9.17, 15) is 5.21 Å². The first-order chi connectivity index (χ1) is 9.42. The zero-order chi connectivity index (χ0) is 13.3. The molecule has 4 nitrogen and oxygen atoms in total. The molecule has 0 aromatic carbocycles. The lowest BCUT2D eigenvalue weighted by Gasteiger charge is -2.19. The van der Waals surface area contributed by atoms with Crippen LogP contribution in [0.15, 0.2) is 23.6 Å². The molecule has 1 saturated carbocycles. The number of hydrogen-bond donors (Lipinski definition) is 1. The standard InChI is InChI=1S/C15H25N3O/c19-17-14-10-7-5-3-1-2-4-6-8-11-15(14)18-13-9-12-16-18/h9,12-13,15,19H,1-8,10-11H2/b17-14+/t15-/m0/s1. The Morgan fingerprint density at radius 3 is 2.37 bits per heavy atom. The maximum absolute atomic E-state index is 9.31. The average molecular weight is 263 g/mol. The van der Waals surface area contributed by atoms with Gasteiger partial charge in [-0.2, -0.15) is 5.10 Å². The predicted molar refractivity (Wildman–Crippen MR) is 76.7 cm³/mol. The van der Waals surface area contributed by atoms with Crippen molar-refractivity contribution in [2.24, 2.45) is 5.16 Å². The Balaban J connectivity index is 2.04. The maximum Gasteiger partial charge on any atom is 0.0933 e. The maximum atomic E-state index is 9.31. The molecule has 0 unspecified atom stereocenters. The Morgan fingerprint density at radius 2 is 1.74 bits per heavy atom. The summed E-state index contributed by atoms with van der Waals surface area (Å²) in [5.74, 6) is 0. The molecule has 0 saturated heterocycles. The molecule has 1 fully saturated rings. The largest absolute Gasteiger partial charge is 0.411 e. The van der Waals surface area contributed by atoms with Gasteiger partial charge in [0, 0.05) is 12.4 Å². The highest BCUT2D eigenvalue weighted by Gasteiger charge is 2.19. The van der Waals surface area contributed by atoms with Gasteiger partial charge in [0.15, 0.2) is 0 Å². The van der Waals surface area contributed by atoms with Crippen molar-refractivity contribution in [2.45, 2.75) is 70.3 Å². The van der Waals surface area contributed by atoms with Crippen molar-refractivity contribution in [2.75, 3.05) is 0 Å². The summed E-state index contributed by atoms with van der Waals surface area (Å²) in [5.41, 5.74) is 0.893. The molecule has 0 amide bonds. The summed E-state index contributed by atoms with van der Waals surface area (Å²) < 4.78 is 1.95. The fourth-order valence-corrected chi connectivity index (χ4v) is 2.90. The predicted octanol–water partition coefficient (Wildman–Crippen LogP) is 4.17. The Morgan fingerprint density at radius 1 is 1.05 bits per heavy atom. The normalized spacial score (nSPS) is 25.7. The molecule has 1 atom stereocenters. The summed E-state index contributed by atoms with van der Waals surface area (Å²) in [6.45, 7) is 0. The van der Waals surface area contributed by atoms with Crippen molar-refractivity contribution in [3.05, 3.63) is 18.5 Å². The number of hydrogen-bond acceptors (Lipinski definition) is 3. The van der Waals surface area contributed by atoms with Crippen molar-refractivity contribution < 1.29 is 5.21 Å². The molecular weight excluding hydrogens is 238 g/mol. The van der Waals surface area contributed by atoms with E-state index in [0.717, 1.165) is 25.0 Å². The minimum Gasteiger partial charge on any atom is -0.411 e. The van der Waals surface area contributed by atoms with Crippen molar-refractivity contribution in [3.8, 4) is 0 Å². The Labute approximate surface area is 115 Å². The zero-order valence-corrected chi connectivity index (χ0v) is 11.7. The first kappa shape index (κ1) is 14.1. The lowest BCUT2D eigenvalue weighted by Crippen LogP contribution is -2.20. The molecule has 0 aliphatic heterocycles. The van der Waals surface area contributed by atoms with E-state index >= 15 is 0 Å². The second-order valence-corrected chi connectivity index (χ2v) is 5.46. The van der Waals surface area contributed by atoms with Crippen LogP contribution in [0, 0.1) is 0 Å². The van der Waals surface area contributed by atoms with Crippen LogP contribution in [0.3, 0.4) is 0 Å². The van der Waals surface area contributed by atoms with Crippen molar-refractivity contribution in [1.29, 1.82) is 0 Å². The van der Waals surface area contributed by atoms with E-state index in [-0.39, 0.29) is 6.04 Å². The molecule has 19 heavy (non-hydrogen) atoms. The first-order valence-corrected chi connectivity index (χ1v) is 7.62. The molecule has 0 bridgehead atoms. The van der Waals surface area contributed by atoms with E-state index in [1.54, 1.807) is 6.20 Å². The average Bonchev–Trinajstić information content (AvgIpc) is 2.93. The monoisotopic (exact) mass is 263 g/mol. The molecule has 0 radical (unpaired) electrons. The summed E-state index contributed by atoms with van der Waals surface area (Å²) in [4.78, 5) is 0. The van der Waals surface area contributed by atoms with Crippen LogP contribution in [-0.4, -0.2) is 20.7 Å². The number of nitrogens with zero attached hydrogens (tertiary/aromatic N) is 3. The lowest BCUT2D eigenvalue weighted by molar-refractivity contribution is 0.309. The SMILES string of the molecule is O/N=C1\CCCCCCCCCC[C@@H]1n1cccn1. The molecule has 0 spiro atoms. The van der Waals surface area contributed by atoms with Crippen molar-refractivity contribution >= 4 is 5.71 Å². The van der Waals surface area contributed by atoms with Gasteiger partial charge in [0.2, 0.25) is 0 Å². The highest BCUT2D eigenvalue weighted by molar-refractivity contribution is 5.87. The Bertz CT molecular complexity index is 373. The van der Waals surface area contributed by atoms with Gasteiger partial charge in [-0.25, -0.2) is 0 Å². The van der Waals surface area contributed by atoms with Gasteiger partial charge in [0.05, 0.1) is 11.8 Å². The highest BCUT2D eigenvalue weighted by atomic mass is 16.4. The summed E-state index contributed by atoms with van der Waals surface area (Å²) in [7, 11) is 0. The van der Waals surface area contributed by atoms with Crippen LogP contribution in [-0.2, 0) is 0 Å². The number of aromatic nitrogens is 2. The van der Waals surface area contributed by atoms with Crippen LogP contribution in [0.4, 0.5) is 0 Å². The van der Waals surface area contributed by atoms with Gasteiger partial charge in [0.1, 0.15) is 0 Å². The van der Waals surface area contributed by atoms with Gasteiger partial charge < -0.3 is 5.21 Å². The molecule has 1 heterocycles. The van der Waals surface area contributed by atoms with E-state index in [1.807, 2.05) is 16.9 Å². The molecule has 4 heteroatoms. The van der Waals surface area contributed by atoms with Crippen LogP contribution in [0.1, 0.15) is 70.3 Å². The van der Waals surface area contributed by atoms with Gasteiger partial charge in [-0.05, 0) is 25.3 Å². The third kappa shape index (κ3) is 4.37. The second kappa shape index (κ2) is 7.97. The van der Waals surface area contributed by atoms with Crippen LogP contribution in [0.25, 0.3) is 0 Å². The van der Waals surface area contributed by atoms with E-state index < -0.39 is 0 Å². The van der Waals surface area contributed by atoms with Crippen LogP contribution in [0.2, 0.25) is 0 Å². The van der Waals surface area contributed by atoms with Gasteiger partial charge >= 0.3 is 0 Å². The topological polar surface area (TPSA) is 50.4 Å². The zero-order valence-electron chi connectivity index (χ0n) is 11.7. The fourth-order valence-electron chi connectivity index (χ4n) is 2.90. The molecule has 1 aliphatic carbocycles. The quantitative estimate of drug-likeness (QED) is 0.610. The summed E-state index contributed by atoms with van der Waals surface area (Å²) >= 11 is 0. The van der Waals surface area contributed by atoms with Gasteiger partial charge in [0.25, 0.3) is 0 Å². The second-order valence-electron chi connectivity index (χ2n) is 5.46. The molecular formula is C15H25N3O. The molecule has 1 aromatic heterocycles. The van der Waals surface area contributed by atoms with Crippen molar-refractivity contribution in [3.63, 3.8) is 0 Å². The first-order valence-electron chi connectivity index (χ1n) is 7.62. The van der Waals surface area contributed by atoms with E-state index in [0.29, 0.717) is 0 Å². The summed E-state index contributed by atoms with van der Waals surface area (Å²) in [6, 6.07) is 2.07. The minimum atomic E-state index is 0.138. The molecule has 1 aromatic rings. The van der Waals surface area contributed by atoms with E-state index in [1.165, 1.54) is 44.9 Å². The van der Waals surface area contributed by atoms with Gasteiger partial charge in [-0.1, -0.05) is 50.1 Å². The van der Waals surface area contributed by atoms with Crippen LogP contribution < -0.4 is 0 Å². The minimum absolute atomic E-state index is 0.138. The fraction of sp³-hybridized carbons (Fsp3) is 0.733. The highest BCUT2D eigenvalue weighted by Crippen LogP contribution is 2.22. The van der Waals surface area contributed by atoms with Crippen LogP contribution in [0.5, 0.6) is 0 Å². The van der Waals surface area contributed by atoms with E-state index in [2.05, 4.69) is 10.3 Å². The Kier molecular flexibility index (Phi) is 5.92. The smallest absolute Gasteiger partial charge is 0.0933 e. The molecule has 1 aliphatic rings. The van der Waals surface area contributed by atoms with Gasteiger partial charge in [-0.3, -0.25) is 4.68 Å². The third-order valence-corrected chi connectivity index (χ3v) is 4.02. The number of oxime groups is 1. The Hall–Kier alpha value is -1.32. The lowest BCUT2D eigenvalue weighted by atomic mass is 9.96. The molecule has 2 rings (SSSR count). The van der Waals surface area contributed by atoms with Gasteiger partial charge in [-0.15, -0.1) is 0 Å². The van der Waals surface area contributed by atoms with E-state index in [4.69, 9.17) is 0 Å². The van der Waals surface area contributed by atoms with Crippen molar-refractivity contribution in [1.82, 2.24) is 9.78 Å². The molecule has 106 valence electrons. The summed E-state index contributed by atoms with van der Waals surface area (Å²) in [5, 5.41) is 17.2. The third-order valence-electron chi connectivity index (χ3n) is 4.02.